The Morgan fingerprint density at radius 1 is 1.27 bits per heavy atom. The minimum atomic E-state index is 0.0779. The van der Waals surface area contributed by atoms with Crippen molar-refractivity contribution in [1.29, 1.82) is 0 Å². The van der Waals surface area contributed by atoms with Crippen molar-refractivity contribution in [2.75, 3.05) is 32.0 Å². The molecule has 1 unspecified atom stereocenters. The molecule has 5 nitrogen and oxygen atoms in total. The number of carbonyl (C=O) groups excluding carboxylic acids is 1. The van der Waals surface area contributed by atoms with Crippen molar-refractivity contribution >= 4 is 11.7 Å². The maximum atomic E-state index is 12.5. The van der Waals surface area contributed by atoms with Crippen LogP contribution >= 0.6 is 0 Å². The summed E-state index contributed by atoms with van der Waals surface area (Å²) in [5.41, 5.74) is 4.38. The van der Waals surface area contributed by atoms with Crippen molar-refractivity contribution in [2.24, 2.45) is 0 Å². The molecule has 0 saturated carbocycles. The molecule has 0 aromatic heterocycles. The molecule has 2 N–H and O–H groups in total. The van der Waals surface area contributed by atoms with Gasteiger partial charge < -0.3 is 20.4 Å². The molecule has 1 saturated heterocycles. The fraction of sp³-hybridized carbons (Fsp3) is 0.667. The van der Waals surface area contributed by atoms with Crippen molar-refractivity contribution in [3.8, 4) is 0 Å². The first kappa shape index (κ1) is 17.7. The van der Waals surface area contributed by atoms with Crippen LogP contribution in [0.1, 0.15) is 56.6 Å². The van der Waals surface area contributed by atoms with E-state index in [9.17, 15) is 4.79 Å². The standard InChI is InChI=1S/C21H32N4O/c1-5-25(6-2)21(26)23-14-10-17-15-8-7-9-18-20(15)16(13(3)22-18)11-19(17)24(4)12-14/h7-9,13-14,16-17,19,22H,5-6,10-12H2,1-4H3,(H,23,26)/t13?,14-,16+,17+,19+/m0/s1. The Kier molecular flexibility index (Phi) is 4.59. The van der Waals surface area contributed by atoms with Gasteiger partial charge >= 0.3 is 6.03 Å². The van der Waals surface area contributed by atoms with Crippen LogP contribution in [0, 0.1) is 0 Å². The number of likely N-dealkylation sites (N-methyl/N-ethyl adjacent to an activating group) is 1. The monoisotopic (exact) mass is 356 g/mol. The number of likely N-dealkylation sites (tertiary alicyclic amines) is 1. The van der Waals surface area contributed by atoms with E-state index in [0.717, 1.165) is 26.1 Å². The van der Waals surface area contributed by atoms with Crippen LogP contribution in [0.5, 0.6) is 0 Å². The smallest absolute Gasteiger partial charge is 0.317 e. The zero-order valence-corrected chi connectivity index (χ0v) is 16.5. The van der Waals surface area contributed by atoms with E-state index in [2.05, 4.69) is 47.7 Å². The molecular weight excluding hydrogens is 324 g/mol. The lowest BCUT2D eigenvalue weighted by molar-refractivity contribution is 0.106. The zero-order valence-electron chi connectivity index (χ0n) is 16.5. The third-order valence-corrected chi connectivity index (χ3v) is 6.85. The highest BCUT2D eigenvalue weighted by Crippen LogP contribution is 2.51. The molecule has 1 aromatic rings. The summed E-state index contributed by atoms with van der Waals surface area (Å²) in [7, 11) is 2.23. The average Bonchev–Trinajstić information content (AvgIpc) is 2.94. The van der Waals surface area contributed by atoms with E-state index in [0.29, 0.717) is 23.9 Å². The number of anilines is 1. The van der Waals surface area contributed by atoms with Gasteiger partial charge in [-0.25, -0.2) is 4.79 Å². The molecule has 0 radical (unpaired) electrons. The van der Waals surface area contributed by atoms with E-state index >= 15 is 0 Å². The summed E-state index contributed by atoms with van der Waals surface area (Å²) in [4.78, 5) is 16.9. The maximum Gasteiger partial charge on any atom is 0.317 e. The molecule has 5 heteroatoms. The topological polar surface area (TPSA) is 47.6 Å². The molecule has 4 rings (SSSR count). The second-order valence-electron chi connectivity index (χ2n) is 8.25. The van der Waals surface area contributed by atoms with Crippen LogP contribution in [-0.2, 0) is 0 Å². The average molecular weight is 357 g/mol. The Morgan fingerprint density at radius 3 is 2.77 bits per heavy atom. The molecule has 142 valence electrons. The molecule has 2 amide bonds. The lowest BCUT2D eigenvalue weighted by Crippen LogP contribution is -2.56. The van der Waals surface area contributed by atoms with Crippen molar-refractivity contribution in [2.45, 2.75) is 63.6 Å². The molecule has 0 bridgehead atoms. The molecule has 5 atom stereocenters. The second-order valence-corrected chi connectivity index (χ2v) is 8.25. The summed E-state index contributed by atoms with van der Waals surface area (Å²) >= 11 is 0. The van der Waals surface area contributed by atoms with Crippen LogP contribution in [0.3, 0.4) is 0 Å². The third-order valence-electron chi connectivity index (χ3n) is 6.85. The highest BCUT2D eigenvalue weighted by molar-refractivity contribution is 5.74. The van der Waals surface area contributed by atoms with Crippen molar-refractivity contribution in [3.63, 3.8) is 0 Å². The van der Waals surface area contributed by atoms with E-state index < -0.39 is 0 Å². The van der Waals surface area contributed by atoms with E-state index in [1.807, 2.05) is 18.7 Å². The van der Waals surface area contributed by atoms with Gasteiger partial charge in [-0.2, -0.15) is 0 Å². The van der Waals surface area contributed by atoms with E-state index in [-0.39, 0.29) is 12.1 Å². The van der Waals surface area contributed by atoms with Gasteiger partial charge in [0.15, 0.2) is 0 Å². The highest BCUT2D eigenvalue weighted by atomic mass is 16.2. The maximum absolute atomic E-state index is 12.5. The van der Waals surface area contributed by atoms with Crippen LogP contribution in [0.4, 0.5) is 10.5 Å². The Hall–Kier alpha value is -1.75. The number of rotatable bonds is 3. The van der Waals surface area contributed by atoms with E-state index in [1.165, 1.54) is 17.7 Å². The lowest BCUT2D eigenvalue weighted by Gasteiger charge is -2.48. The minimum Gasteiger partial charge on any atom is -0.382 e. The summed E-state index contributed by atoms with van der Waals surface area (Å²) in [5, 5.41) is 6.98. The molecule has 1 fully saturated rings. The Bertz CT molecular complexity index is 687. The molecule has 1 aromatic carbocycles. The number of nitrogens with one attached hydrogen (secondary N) is 2. The second kappa shape index (κ2) is 6.76. The SMILES string of the molecule is CCN(CC)C(=O)N[C@H]1C[C@@H]2c3cccc4c3[C@H](C[C@H]2N(C)C1)C(C)N4. The summed E-state index contributed by atoms with van der Waals surface area (Å²) in [6, 6.07) is 8.12. The van der Waals surface area contributed by atoms with Gasteiger partial charge in [0.1, 0.15) is 0 Å². The predicted molar refractivity (Wildman–Crippen MR) is 106 cm³/mol. The number of hydrogen-bond donors (Lipinski definition) is 2. The number of hydrogen-bond acceptors (Lipinski definition) is 3. The summed E-state index contributed by atoms with van der Waals surface area (Å²) in [5.74, 6) is 1.13. The Balaban J connectivity index is 1.58. The van der Waals surface area contributed by atoms with Crippen LogP contribution in [0.25, 0.3) is 0 Å². The first-order chi connectivity index (χ1) is 12.5. The first-order valence-electron chi connectivity index (χ1n) is 10.2. The van der Waals surface area contributed by atoms with Gasteiger partial charge in [0.25, 0.3) is 0 Å². The molecule has 2 heterocycles. The molecule has 3 aliphatic rings. The van der Waals surface area contributed by atoms with Crippen LogP contribution < -0.4 is 10.6 Å². The van der Waals surface area contributed by atoms with Gasteiger partial charge in [-0.15, -0.1) is 0 Å². The fourth-order valence-electron chi connectivity index (χ4n) is 5.51. The number of fused-ring (bicyclic) bond motifs is 2. The van der Waals surface area contributed by atoms with Gasteiger partial charge in [-0.1, -0.05) is 12.1 Å². The van der Waals surface area contributed by atoms with Gasteiger partial charge in [-0.3, -0.25) is 0 Å². The first-order valence-corrected chi connectivity index (χ1v) is 10.2. The molecular formula is C21H32N4O. The molecule has 2 aliphatic heterocycles. The third kappa shape index (κ3) is 2.77. The van der Waals surface area contributed by atoms with Crippen LogP contribution in [0.15, 0.2) is 18.2 Å². The number of piperidine rings is 1. The van der Waals surface area contributed by atoms with Gasteiger partial charge in [-0.05, 0) is 57.9 Å². The number of amides is 2. The molecule has 0 spiro atoms. The highest BCUT2D eigenvalue weighted by Gasteiger charge is 2.46. The molecule has 26 heavy (non-hydrogen) atoms. The van der Waals surface area contributed by atoms with Gasteiger partial charge in [0.2, 0.25) is 0 Å². The minimum absolute atomic E-state index is 0.0779. The molecule has 1 aliphatic carbocycles. The number of urea groups is 1. The Labute approximate surface area is 157 Å². The van der Waals surface area contributed by atoms with Crippen LogP contribution in [-0.4, -0.2) is 60.6 Å². The fourth-order valence-corrected chi connectivity index (χ4v) is 5.51. The van der Waals surface area contributed by atoms with E-state index in [1.54, 1.807) is 5.56 Å². The van der Waals surface area contributed by atoms with Crippen molar-refractivity contribution < 1.29 is 4.79 Å². The summed E-state index contributed by atoms with van der Waals surface area (Å²) < 4.78 is 0. The largest absolute Gasteiger partial charge is 0.382 e. The number of carbonyl (C=O) groups is 1. The lowest BCUT2D eigenvalue weighted by atomic mass is 9.68. The quantitative estimate of drug-likeness (QED) is 0.874. The number of benzene rings is 1. The van der Waals surface area contributed by atoms with Crippen LogP contribution in [0.2, 0.25) is 0 Å². The van der Waals surface area contributed by atoms with E-state index in [4.69, 9.17) is 0 Å². The van der Waals surface area contributed by atoms with Gasteiger partial charge in [0, 0.05) is 55.3 Å². The summed E-state index contributed by atoms with van der Waals surface area (Å²) in [6.07, 6.45) is 2.26. The predicted octanol–water partition coefficient (Wildman–Crippen LogP) is 3.20. The van der Waals surface area contributed by atoms with Gasteiger partial charge in [0.05, 0.1) is 0 Å². The van der Waals surface area contributed by atoms with Crippen molar-refractivity contribution in [3.05, 3.63) is 29.3 Å². The Morgan fingerprint density at radius 2 is 2.04 bits per heavy atom. The normalized spacial score (nSPS) is 32.4. The summed E-state index contributed by atoms with van der Waals surface area (Å²) in [6.45, 7) is 8.84. The number of nitrogens with zero attached hydrogens (tertiary/aromatic N) is 2. The zero-order chi connectivity index (χ0) is 18.4. The van der Waals surface area contributed by atoms with Crippen molar-refractivity contribution in [1.82, 2.24) is 15.1 Å².